The zero-order valence-electron chi connectivity index (χ0n) is 12.2. The lowest BCUT2D eigenvalue weighted by Crippen LogP contribution is -2.52. The van der Waals surface area contributed by atoms with Gasteiger partial charge in [-0.05, 0) is 33.5 Å². The van der Waals surface area contributed by atoms with Crippen LogP contribution in [0.2, 0.25) is 0 Å². The highest BCUT2D eigenvalue weighted by Crippen LogP contribution is 2.17. The standard InChI is InChI=1S/C13H28N4O/c1-15(2)13(18)8-12(9-14)17(4)11-6-5-7-16(3)10-11/h11-12H,5-10,14H2,1-4H3. The summed E-state index contributed by atoms with van der Waals surface area (Å²) in [6.45, 7) is 2.79. The van der Waals surface area contributed by atoms with E-state index >= 15 is 0 Å². The minimum absolute atomic E-state index is 0.149. The molecule has 1 saturated heterocycles. The third-order valence-electron chi connectivity index (χ3n) is 3.93. The van der Waals surface area contributed by atoms with Crippen LogP contribution in [0.4, 0.5) is 0 Å². The van der Waals surface area contributed by atoms with Gasteiger partial charge in [0.15, 0.2) is 0 Å². The molecular weight excluding hydrogens is 228 g/mol. The van der Waals surface area contributed by atoms with Gasteiger partial charge in [0, 0.05) is 45.7 Å². The number of carbonyl (C=O) groups is 1. The van der Waals surface area contributed by atoms with Gasteiger partial charge in [0.25, 0.3) is 0 Å². The summed E-state index contributed by atoms with van der Waals surface area (Å²) in [6.07, 6.45) is 2.94. The van der Waals surface area contributed by atoms with E-state index in [0.717, 1.165) is 6.54 Å². The quantitative estimate of drug-likeness (QED) is 0.741. The van der Waals surface area contributed by atoms with Crippen LogP contribution in [0.25, 0.3) is 0 Å². The third-order valence-corrected chi connectivity index (χ3v) is 3.93. The fraction of sp³-hybridized carbons (Fsp3) is 0.923. The largest absolute Gasteiger partial charge is 0.349 e. The van der Waals surface area contributed by atoms with Crippen molar-refractivity contribution in [1.82, 2.24) is 14.7 Å². The minimum atomic E-state index is 0.149. The molecule has 1 amide bonds. The van der Waals surface area contributed by atoms with Crippen molar-refractivity contribution in [1.29, 1.82) is 0 Å². The van der Waals surface area contributed by atoms with E-state index in [1.54, 1.807) is 19.0 Å². The zero-order chi connectivity index (χ0) is 13.7. The van der Waals surface area contributed by atoms with Gasteiger partial charge < -0.3 is 15.5 Å². The summed E-state index contributed by atoms with van der Waals surface area (Å²) >= 11 is 0. The first-order valence-electron chi connectivity index (χ1n) is 6.76. The lowest BCUT2D eigenvalue weighted by molar-refractivity contribution is -0.130. The van der Waals surface area contributed by atoms with E-state index in [-0.39, 0.29) is 11.9 Å². The molecule has 2 N–H and O–H groups in total. The average molecular weight is 256 g/mol. The molecule has 1 rings (SSSR count). The molecule has 106 valence electrons. The van der Waals surface area contributed by atoms with E-state index < -0.39 is 0 Å². The first kappa shape index (κ1) is 15.4. The van der Waals surface area contributed by atoms with Gasteiger partial charge in [0.1, 0.15) is 0 Å². The zero-order valence-corrected chi connectivity index (χ0v) is 12.2. The van der Waals surface area contributed by atoms with Crippen molar-refractivity contribution in [2.45, 2.75) is 31.3 Å². The van der Waals surface area contributed by atoms with Gasteiger partial charge in [0.2, 0.25) is 5.91 Å². The Hall–Kier alpha value is -0.650. The summed E-state index contributed by atoms with van der Waals surface area (Å²) in [5, 5.41) is 0. The lowest BCUT2D eigenvalue weighted by atomic mass is 10.0. The van der Waals surface area contributed by atoms with Crippen LogP contribution in [0, 0.1) is 0 Å². The number of piperidine rings is 1. The Labute approximate surface area is 111 Å². The number of likely N-dealkylation sites (tertiary alicyclic amines) is 1. The van der Waals surface area contributed by atoms with Crippen LogP contribution < -0.4 is 5.73 Å². The van der Waals surface area contributed by atoms with E-state index in [2.05, 4.69) is 23.9 Å². The fourth-order valence-corrected chi connectivity index (χ4v) is 2.55. The van der Waals surface area contributed by atoms with Gasteiger partial charge in [-0.2, -0.15) is 0 Å². The molecule has 2 unspecified atom stereocenters. The molecule has 1 fully saturated rings. The number of rotatable bonds is 5. The van der Waals surface area contributed by atoms with Crippen LogP contribution in [-0.2, 0) is 4.79 Å². The van der Waals surface area contributed by atoms with E-state index in [0.29, 0.717) is 19.0 Å². The van der Waals surface area contributed by atoms with Gasteiger partial charge in [-0.15, -0.1) is 0 Å². The maximum atomic E-state index is 11.8. The monoisotopic (exact) mass is 256 g/mol. The van der Waals surface area contributed by atoms with Gasteiger partial charge in [-0.3, -0.25) is 9.69 Å². The Morgan fingerprint density at radius 1 is 1.44 bits per heavy atom. The molecule has 0 aromatic carbocycles. The van der Waals surface area contributed by atoms with Gasteiger partial charge >= 0.3 is 0 Å². The fourth-order valence-electron chi connectivity index (χ4n) is 2.55. The van der Waals surface area contributed by atoms with E-state index in [1.807, 2.05) is 0 Å². The van der Waals surface area contributed by atoms with Crippen LogP contribution in [0.1, 0.15) is 19.3 Å². The molecular formula is C13H28N4O. The number of amides is 1. The molecule has 0 spiro atoms. The maximum absolute atomic E-state index is 11.8. The van der Waals surface area contributed by atoms with Crippen molar-refractivity contribution in [2.24, 2.45) is 5.73 Å². The number of carbonyl (C=O) groups excluding carboxylic acids is 1. The highest BCUT2D eigenvalue weighted by atomic mass is 16.2. The second-order valence-corrected chi connectivity index (χ2v) is 5.61. The Morgan fingerprint density at radius 3 is 2.61 bits per heavy atom. The molecule has 0 radical (unpaired) electrons. The Morgan fingerprint density at radius 2 is 2.11 bits per heavy atom. The number of hydrogen-bond acceptors (Lipinski definition) is 4. The van der Waals surface area contributed by atoms with Crippen molar-refractivity contribution in [2.75, 3.05) is 47.8 Å². The molecule has 0 aliphatic carbocycles. The molecule has 1 aliphatic rings. The van der Waals surface area contributed by atoms with Crippen molar-refractivity contribution >= 4 is 5.91 Å². The Balaban J connectivity index is 2.55. The molecule has 5 heteroatoms. The van der Waals surface area contributed by atoms with Crippen LogP contribution in [-0.4, -0.2) is 80.5 Å². The average Bonchev–Trinajstić information content (AvgIpc) is 2.34. The molecule has 0 bridgehead atoms. The predicted molar refractivity (Wildman–Crippen MR) is 74.4 cm³/mol. The van der Waals surface area contributed by atoms with Crippen LogP contribution >= 0.6 is 0 Å². The second-order valence-electron chi connectivity index (χ2n) is 5.61. The SMILES string of the molecule is CN1CCCC(N(C)C(CN)CC(=O)N(C)C)C1. The smallest absolute Gasteiger partial charge is 0.223 e. The molecule has 0 saturated carbocycles. The topological polar surface area (TPSA) is 52.8 Å². The Bertz CT molecular complexity index is 270. The highest BCUT2D eigenvalue weighted by Gasteiger charge is 2.27. The summed E-state index contributed by atoms with van der Waals surface area (Å²) < 4.78 is 0. The van der Waals surface area contributed by atoms with Crippen molar-refractivity contribution in [3.05, 3.63) is 0 Å². The van der Waals surface area contributed by atoms with Crippen LogP contribution in [0.5, 0.6) is 0 Å². The first-order chi connectivity index (χ1) is 8.45. The lowest BCUT2D eigenvalue weighted by Gasteiger charge is -2.39. The summed E-state index contributed by atoms with van der Waals surface area (Å²) in [5.74, 6) is 0.154. The number of nitrogens with zero attached hydrogens (tertiary/aromatic N) is 3. The molecule has 2 atom stereocenters. The summed E-state index contributed by atoms with van der Waals surface area (Å²) in [4.78, 5) is 18.1. The maximum Gasteiger partial charge on any atom is 0.223 e. The van der Waals surface area contributed by atoms with Crippen LogP contribution in [0.3, 0.4) is 0 Å². The number of nitrogens with two attached hydrogens (primary N) is 1. The first-order valence-corrected chi connectivity index (χ1v) is 6.76. The van der Waals surface area contributed by atoms with E-state index in [4.69, 9.17) is 5.73 Å². The Kier molecular flexibility index (Phi) is 6.05. The van der Waals surface area contributed by atoms with Crippen LogP contribution in [0.15, 0.2) is 0 Å². The summed E-state index contributed by atoms with van der Waals surface area (Å²) in [7, 11) is 7.85. The van der Waals surface area contributed by atoms with Crippen molar-refractivity contribution in [3.8, 4) is 0 Å². The third kappa shape index (κ3) is 4.23. The van der Waals surface area contributed by atoms with Gasteiger partial charge in [-0.25, -0.2) is 0 Å². The summed E-state index contributed by atoms with van der Waals surface area (Å²) in [5.41, 5.74) is 5.84. The molecule has 5 nitrogen and oxygen atoms in total. The molecule has 1 aliphatic heterocycles. The second kappa shape index (κ2) is 7.07. The molecule has 0 aromatic rings. The van der Waals surface area contributed by atoms with E-state index in [1.165, 1.54) is 19.4 Å². The summed E-state index contributed by atoms with van der Waals surface area (Å²) in [6, 6.07) is 0.670. The molecule has 1 heterocycles. The van der Waals surface area contributed by atoms with E-state index in [9.17, 15) is 4.79 Å². The van der Waals surface area contributed by atoms with Crippen molar-refractivity contribution < 1.29 is 4.79 Å². The highest BCUT2D eigenvalue weighted by molar-refractivity contribution is 5.76. The number of hydrogen-bond donors (Lipinski definition) is 1. The molecule has 0 aromatic heterocycles. The molecule has 18 heavy (non-hydrogen) atoms. The number of likely N-dealkylation sites (N-methyl/N-ethyl adjacent to an activating group) is 2. The van der Waals surface area contributed by atoms with Gasteiger partial charge in [0.05, 0.1) is 0 Å². The minimum Gasteiger partial charge on any atom is -0.349 e. The van der Waals surface area contributed by atoms with Gasteiger partial charge in [-0.1, -0.05) is 0 Å². The normalized spacial score (nSPS) is 23.1. The van der Waals surface area contributed by atoms with Crippen molar-refractivity contribution in [3.63, 3.8) is 0 Å². The predicted octanol–water partition coefficient (Wildman–Crippen LogP) is -0.182.